The van der Waals surface area contributed by atoms with Crippen LogP contribution < -0.4 is 24.4 Å². The summed E-state index contributed by atoms with van der Waals surface area (Å²) in [6, 6.07) is 8.66. The molecular formula is C19H21BrN2O5. The minimum Gasteiger partial charge on any atom is -0.493 e. The van der Waals surface area contributed by atoms with E-state index in [4.69, 9.17) is 18.9 Å². The average Bonchev–Trinajstić information content (AvgIpc) is 2.68. The minimum absolute atomic E-state index is 0.383. The third kappa shape index (κ3) is 5.13. The first kappa shape index (κ1) is 20.6. The highest BCUT2D eigenvalue weighted by Crippen LogP contribution is 2.37. The van der Waals surface area contributed by atoms with Crippen LogP contribution in [0.25, 0.3) is 0 Å². The van der Waals surface area contributed by atoms with Gasteiger partial charge in [0.2, 0.25) is 5.75 Å². The fourth-order valence-electron chi connectivity index (χ4n) is 2.36. The van der Waals surface area contributed by atoms with Crippen LogP contribution in [-0.2, 0) is 0 Å². The highest BCUT2D eigenvalue weighted by Gasteiger charge is 2.14. The van der Waals surface area contributed by atoms with Crippen molar-refractivity contribution >= 4 is 28.1 Å². The number of halogens is 1. The van der Waals surface area contributed by atoms with Crippen molar-refractivity contribution in [2.75, 3.05) is 27.9 Å². The van der Waals surface area contributed by atoms with E-state index < -0.39 is 0 Å². The Hall–Kier alpha value is -2.74. The summed E-state index contributed by atoms with van der Waals surface area (Å²) in [6.07, 6.45) is 1.49. The predicted molar refractivity (Wildman–Crippen MR) is 106 cm³/mol. The molecule has 0 fully saturated rings. The molecular weight excluding hydrogens is 416 g/mol. The predicted octanol–water partition coefficient (Wildman–Crippen LogP) is 3.64. The molecule has 7 nitrogen and oxygen atoms in total. The van der Waals surface area contributed by atoms with Crippen LogP contribution in [0, 0.1) is 0 Å². The van der Waals surface area contributed by atoms with Crippen LogP contribution in [0.2, 0.25) is 0 Å². The van der Waals surface area contributed by atoms with E-state index in [-0.39, 0.29) is 5.91 Å². The average molecular weight is 437 g/mol. The smallest absolute Gasteiger partial charge is 0.275 e. The Morgan fingerprint density at radius 1 is 1.07 bits per heavy atom. The molecule has 2 aromatic rings. The number of rotatable bonds is 8. The molecule has 0 heterocycles. The number of benzene rings is 2. The Balaban J connectivity index is 2.20. The number of nitrogens with zero attached hydrogens (tertiary/aromatic N) is 1. The summed E-state index contributed by atoms with van der Waals surface area (Å²) in [5.74, 6) is 1.58. The summed E-state index contributed by atoms with van der Waals surface area (Å²) in [5.41, 5.74) is 3.55. The first-order valence-electron chi connectivity index (χ1n) is 8.09. The highest BCUT2D eigenvalue weighted by atomic mass is 79.9. The van der Waals surface area contributed by atoms with E-state index in [1.165, 1.54) is 27.5 Å². The number of carbonyl (C=O) groups excluding carboxylic acids is 1. The third-order valence-corrected chi connectivity index (χ3v) is 4.05. The van der Waals surface area contributed by atoms with Crippen LogP contribution in [0.3, 0.4) is 0 Å². The van der Waals surface area contributed by atoms with Gasteiger partial charge in [0.15, 0.2) is 11.5 Å². The van der Waals surface area contributed by atoms with Crippen molar-refractivity contribution in [3.05, 3.63) is 45.9 Å². The third-order valence-electron chi connectivity index (χ3n) is 3.55. The van der Waals surface area contributed by atoms with Crippen LogP contribution in [0.5, 0.6) is 23.0 Å². The summed E-state index contributed by atoms with van der Waals surface area (Å²) in [4.78, 5) is 12.4. The molecule has 0 saturated heterocycles. The van der Waals surface area contributed by atoms with Crippen LogP contribution in [-0.4, -0.2) is 40.1 Å². The van der Waals surface area contributed by atoms with Crippen molar-refractivity contribution in [2.24, 2.45) is 5.10 Å². The van der Waals surface area contributed by atoms with E-state index in [1.807, 2.05) is 6.92 Å². The maximum absolute atomic E-state index is 12.4. The van der Waals surface area contributed by atoms with Gasteiger partial charge in [-0.05, 0) is 37.3 Å². The molecule has 2 aromatic carbocycles. The van der Waals surface area contributed by atoms with Crippen molar-refractivity contribution in [3.8, 4) is 23.0 Å². The normalized spacial score (nSPS) is 10.6. The Kier molecular flexibility index (Phi) is 7.48. The van der Waals surface area contributed by atoms with Crippen LogP contribution in [0.1, 0.15) is 22.8 Å². The van der Waals surface area contributed by atoms with E-state index in [0.717, 1.165) is 4.47 Å². The number of carbonyl (C=O) groups is 1. The molecule has 0 aliphatic heterocycles. The van der Waals surface area contributed by atoms with Gasteiger partial charge >= 0.3 is 0 Å². The topological polar surface area (TPSA) is 78.4 Å². The zero-order chi connectivity index (χ0) is 19.8. The minimum atomic E-state index is -0.386. The standard InChI is InChI=1S/C19H21BrN2O5/c1-5-27-15-7-6-13(20)10-14(15)19(23)22-21-11-12-8-16(24-2)18(26-4)17(9-12)25-3/h6-11H,5H2,1-4H3,(H,22,23)/b21-11+. The number of amides is 1. The van der Waals surface area contributed by atoms with Crippen molar-refractivity contribution < 1.29 is 23.7 Å². The molecule has 0 saturated carbocycles. The van der Waals surface area contributed by atoms with Gasteiger partial charge in [-0.1, -0.05) is 15.9 Å². The Bertz CT molecular complexity index is 814. The first-order valence-corrected chi connectivity index (χ1v) is 8.89. The Labute approximate surface area is 166 Å². The Morgan fingerprint density at radius 3 is 2.30 bits per heavy atom. The summed E-state index contributed by atoms with van der Waals surface area (Å²) in [7, 11) is 4.59. The van der Waals surface area contributed by atoms with E-state index in [0.29, 0.717) is 40.7 Å². The molecule has 27 heavy (non-hydrogen) atoms. The fraction of sp³-hybridized carbons (Fsp3) is 0.263. The number of hydrazone groups is 1. The monoisotopic (exact) mass is 436 g/mol. The molecule has 1 N–H and O–H groups in total. The maximum atomic E-state index is 12.4. The molecule has 2 rings (SSSR count). The molecule has 0 bridgehead atoms. The van der Waals surface area contributed by atoms with E-state index in [1.54, 1.807) is 30.3 Å². The molecule has 0 aliphatic rings. The van der Waals surface area contributed by atoms with E-state index >= 15 is 0 Å². The van der Waals surface area contributed by atoms with E-state index in [9.17, 15) is 4.79 Å². The van der Waals surface area contributed by atoms with Crippen molar-refractivity contribution in [3.63, 3.8) is 0 Å². The first-order chi connectivity index (χ1) is 13.0. The largest absolute Gasteiger partial charge is 0.493 e. The second-order valence-corrected chi connectivity index (χ2v) is 6.15. The van der Waals surface area contributed by atoms with Gasteiger partial charge in [-0.3, -0.25) is 4.79 Å². The van der Waals surface area contributed by atoms with Gasteiger partial charge in [-0.2, -0.15) is 5.10 Å². The highest BCUT2D eigenvalue weighted by molar-refractivity contribution is 9.10. The van der Waals surface area contributed by atoms with Crippen molar-refractivity contribution in [2.45, 2.75) is 6.92 Å². The van der Waals surface area contributed by atoms with Gasteiger partial charge in [0, 0.05) is 10.0 Å². The van der Waals surface area contributed by atoms with Gasteiger partial charge in [0.05, 0.1) is 39.7 Å². The summed E-state index contributed by atoms with van der Waals surface area (Å²) >= 11 is 3.35. The van der Waals surface area contributed by atoms with Gasteiger partial charge in [-0.25, -0.2) is 5.43 Å². The number of hydrogen-bond acceptors (Lipinski definition) is 6. The van der Waals surface area contributed by atoms with Crippen molar-refractivity contribution in [1.29, 1.82) is 0 Å². The molecule has 0 radical (unpaired) electrons. The summed E-state index contributed by atoms with van der Waals surface area (Å²) < 4.78 is 22.1. The molecule has 0 spiro atoms. The molecule has 0 aliphatic carbocycles. The van der Waals surface area contributed by atoms with Gasteiger partial charge in [0.25, 0.3) is 5.91 Å². The quantitative estimate of drug-likeness (QED) is 0.504. The van der Waals surface area contributed by atoms with Crippen LogP contribution in [0.15, 0.2) is 39.9 Å². The molecule has 0 aromatic heterocycles. The van der Waals surface area contributed by atoms with Crippen LogP contribution >= 0.6 is 15.9 Å². The summed E-state index contributed by atoms with van der Waals surface area (Å²) in [5, 5.41) is 4.01. The summed E-state index contributed by atoms with van der Waals surface area (Å²) in [6.45, 7) is 2.31. The zero-order valence-electron chi connectivity index (χ0n) is 15.5. The molecule has 1 amide bonds. The van der Waals surface area contributed by atoms with Crippen LogP contribution in [0.4, 0.5) is 0 Å². The number of hydrogen-bond donors (Lipinski definition) is 1. The number of ether oxygens (including phenoxy) is 4. The molecule has 0 atom stereocenters. The lowest BCUT2D eigenvalue weighted by atomic mass is 10.2. The van der Waals surface area contributed by atoms with Gasteiger partial charge in [-0.15, -0.1) is 0 Å². The number of methoxy groups -OCH3 is 3. The lowest BCUT2D eigenvalue weighted by Crippen LogP contribution is -2.18. The van der Waals surface area contributed by atoms with Crippen molar-refractivity contribution in [1.82, 2.24) is 5.43 Å². The lowest BCUT2D eigenvalue weighted by Gasteiger charge is -2.12. The Morgan fingerprint density at radius 2 is 1.74 bits per heavy atom. The second kappa shape index (κ2) is 9.82. The molecule has 144 valence electrons. The molecule has 0 unspecified atom stereocenters. The fourth-order valence-corrected chi connectivity index (χ4v) is 2.72. The SMILES string of the molecule is CCOc1ccc(Br)cc1C(=O)N/N=C/c1cc(OC)c(OC)c(OC)c1. The van der Waals surface area contributed by atoms with E-state index in [2.05, 4.69) is 26.5 Å². The molecule has 8 heteroatoms. The number of nitrogens with one attached hydrogen (secondary N) is 1. The lowest BCUT2D eigenvalue weighted by molar-refractivity contribution is 0.0951. The maximum Gasteiger partial charge on any atom is 0.275 e. The zero-order valence-corrected chi connectivity index (χ0v) is 17.1. The second-order valence-electron chi connectivity index (χ2n) is 5.23. The van der Waals surface area contributed by atoms with Gasteiger partial charge in [0.1, 0.15) is 5.75 Å². The van der Waals surface area contributed by atoms with Gasteiger partial charge < -0.3 is 18.9 Å².